The molecule has 0 aromatic heterocycles. The lowest BCUT2D eigenvalue weighted by molar-refractivity contribution is 0.000104. The summed E-state index contributed by atoms with van der Waals surface area (Å²) in [5, 5.41) is 3.60. The third-order valence-electron chi connectivity index (χ3n) is 3.90. The first-order valence-corrected chi connectivity index (χ1v) is 7.61. The third-order valence-corrected chi connectivity index (χ3v) is 3.90. The van der Waals surface area contributed by atoms with Crippen molar-refractivity contribution in [3.05, 3.63) is 23.8 Å². The number of hydrogen-bond donors (Lipinski definition) is 1. The largest absolute Gasteiger partial charge is 0.486 e. The van der Waals surface area contributed by atoms with Crippen molar-refractivity contribution < 1.29 is 14.2 Å². The molecule has 20 heavy (non-hydrogen) atoms. The fraction of sp³-hybridized carbons (Fsp3) is 0.625. The van der Waals surface area contributed by atoms with Gasteiger partial charge in [0.05, 0.1) is 6.10 Å². The molecule has 0 spiro atoms. The molecule has 4 heteroatoms. The monoisotopic (exact) mass is 277 g/mol. The predicted octanol–water partition coefficient (Wildman–Crippen LogP) is 2.68. The molecule has 1 aromatic carbocycles. The molecule has 2 aliphatic heterocycles. The van der Waals surface area contributed by atoms with Crippen LogP contribution in [0.4, 0.5) is 0 Å². The van der Waals surface area contributed by atoms with Crippen molar-refractivity contribution in [2.75, 3.05) is 26.4 Å². The van der Waals surface area contributed by atoms with Gasteiger partial charge in [-0.05, 0) is 43.5 Å². The Morgan fingerprint density at radius 1 is 1.15 bits per heavy atom. The van der Waals surface area contributed by atoms with Crippen LogP contribution in [0.5, 0.6) is 11.5 Å². The van der Waals surface area contributed by atoms with E-state index in [-0.39, 0.29) is 6.10 Å². The van der Waals surface area contributed by atoms with Crippen molar-refractivity contribution in [2.24, 2.45) is 0 Å². The summed E-state index contributed by atoms with van der Waals surface area (Å²) in [6, 6.07) is 6.72. The van der Waals surface area contributed by atoms with Crippen LogP contribution < -0.4 is 14.8 Å². The summed E-state index contributed by atoms with van der Waals surface area (Å²) in [5.41, 5.74) is 1.19. The van der Waals surface area contributed by atoms with Gasteiger partial charge in [0.2, 0.25) is 0 Å². The molecule has 0 radical (unpaired) electrons. The Hall–Kier alpha value is -1.26. The molecule has 2 aliphatic rings. The van der Waals surface area contributed by atoms with Gasteiger partial charge in [0.1, 0.15) is 13.2 Å². The first-order valence-electron chi connectivity index (χ1n) is 7.61. The van der Waals surface area contributed by atoms with Crippen LogP contribution in [0.3, 0.4) is 0 Å². The van der Waals surface area contributed by atoms with Crippen molar-refractivity contribution in [1.29, 1.82) is 0 Å². The number of rotatable bonds is 4. The van der Waals surface area contributed by atoms with Gasteiger partial charge in [0.15, 0.2) is 11.5 Å². The summed E-state index contributed by atoms with van der Waals surface area (Å²) in [6.07, 6.45) is 3.46. The molecule has 4 nitrogen and oxygen atoms in total. The lowest BCUT2D eigenvalue weighted by Gasteiger charge is -2.31. The molecular weight excluding hydrogens is 254 g/mol. The topological polar surface area (TPSA) is 39.7 Å². The maximum absolute atomic E-state index is 5.93. The molecule has 1 N–H and O–H groups in total. The Morgan fingerprint density at radius 3 is 2.85 bits per heavy atom. The van der Waals surface area contributed by atoms with Crippen LogP contribution in [0.1, 0.15) is 37.9 Å². The Bertz CT molecular complexity index is 449. The highest BCUT2D eigenvalue weighted by atomic mass is 16.6. The summed E-state index contributed by atoms with van der Waals surface area (Å²) < 4.78 is 17.1. The van der Waals surface area contributed by atoms with Crippen LogP contribution >= 0.6 is 0 Å². The highest BCUT2D eigenvalue weighted by Crippen LogP contribution is 2.36. The van der Waals surface area contributed by atoms with Crippen LogP contribution in [0.25, 0.3) is 0 Å². The van der Waals surface area contributed by atoms with E-state index < -0.39 is 0 Å². The number of nitrogens with one attached hydrogen (secondary N) is 1. The summed E-state index contributed by atoms with van der Waals surface area (Å²) in [7, 11) is 0. The minimum Gasteiger partial charge on any atom is -0.486 e. The fourth-order valence-corrected chi connectivity index (χ4v) is 2.82. The van der Waals surface area contributed by atoms with E-state index in [1.807, 2.05) is 6.07 Å². The zero-order valence-corrected chi connectivity index (χ0v) is 12.1. The molecule has 110 valence electrons. The van der Waals surface area contributed by atoms with Gasteiger partial charge < -0.3 is 19.5 Å². The highest BCUT2D eigenvalue weighted by Gasteiger charge is 2.24. The molecular formula is C16H23NO3. The minimum absolute atomic E-state index is 0.161. The smallest absolute Gasteiger partial charge is 0.161 e. The molecule has 0 saturated carbocycles. The van der Waals surface area contributed by atoms with Crippen molar-refractivity contribution >= 4 is 0 Å². The average molecular weight is 277 g/mol. The zero-order valence-electron chi connectivity index (χ0n) is 12.1. The molecule has 1 aromatic rings. The molecule has 0 bridgehead atoms. The van der Waals surface area contributed by atoms with Crippen molar-refractivity contribution in [2.45, 2.75) is 38.3 Å². The number of fused-ring (bicyclic) bond motifs is 1. The summed E-state index contributed by atoms with van der Waals surface area (Å²) >= 11 is 0. The van der Waals surface area contributed by atoms with Gasteiger partial charge >= 0.3 is 0 Å². The van der Waals surface area contributed by atoms with E-state index in [0.29, 0.717) is 19.3 Å². The maximum atomic E-state index is 5.93. The summed E-state index contributed by atoms with van der Waals surface area (Å²) in [6.45, 7) is 5.36. The number of benzene rings is 1. The first-order chi connectivity index (χ1) is 9.86. The van der Waals surface area contributed by atoms with E-state index in [9.17, 15) is 0 Å². The van der Waals surface area contributed by atoms with Gasteiger partial charge in [-0.1, -0.05) is 13.0 Å². The lowest BCUT2D eigenvalue weighted by Crippen LogP contribution is -2.36. The SMILES string of the molecule is CCCNC1CCOC(c2ccc3c(c2)OCCO3)C1. The van der Waals surface area contributed by atoms with Gasteiger partial charge in [0.25, 0.3) is 0 Å². The van der Waals surface area contributed by atoms with Crippen LogP contribution in [-0.2, 0) is 4.74 Å². The quantitative estimate of drug-likeness (QED) is 0.918. The molecule has 3 rings (SSSR count). The van der Waals surface area contributed by atoms with E-state index in [0.717, 1.165) is 37.5 Å². The normalized spacial score (nSPS) is 25.4. The second-order valence-electron chi connectivity index (χ2n) is 5.44. The Labute approximate surface area is 120 Å². The number of hydrogen-bond acceptors (Lipinski definition) is 4. The molecule has 2 atom stereocenters. The van der Waals surface area contributed by atoms with Crippen molar-refractivity contribution in [3.63, 3.8) is 0 Å². The predicted molar refractivity (Wildman–Crippen MR) is 77.4 cm³/mol. The Kier molecular flexibility index (Phi) is 4.43. The van der Waals surface area contributed by atoms with Gasteiger partial charge in [-0.3, -0.25) is 0 Å². The van der Waals surface area contributed by atoms with E-state index in [4.69, 9.17) is 14.2 Å². The second kappa shape index (κ2) is 6.46. The van der Waals surface area contributed by atoms with E-state index in [2.05, 4.69) is 24.4 Å². The van der Waals surface area contributed by atoms with Gasteiger partial charge in [0, 0.05) is 12.6 Å². The zero-order chi connectivity index (χ0) is 13.8. The van der Waals surface area contributed by atoms with Crippen molar-refractivity contribution in [3.8, 4) is 11.5 Å². The Balaban J connectivity index is 1.68. The van der Waals surface area contributed by atoms with Gasteiger partial charge in [-0.2, -0.15) is 0 Å². The molecule has 2 unspecified atom stereocenters. The molecule has 1 saturated heterocycles. The summed E-state index contributed by atoms with van der Waals surface area (Å²) in [5.74, 6) is 1.69. The average Bonchev–Trinajstić information content (AvgIpc) is 2.53. The minimum atomic E-state index is 0.161. The third kappa shape index (κ3) is 3.07. The van der Waals surface area contributed by atoms with Gasteiger partial charge in [-0.15, -0.1) is 0 Å². The number of ether oxygens (including phenoxy) is 3. The molecule has 0 amide bonds. The van der Waals surface area contributed by atoms with Crippen LogP contribution in [0.2, 0.25) is 0 Å². The lowest BCUT2D eigenvalue weighted by atomic mass is 9.97. The van der Waals surface area contributed by atoms with Gasteiger partial charge in [-0.25, -0.2) is 0 Å². The summed E-state index contributed by atoms with van der Waals surface area (Å²) in [4.78, 5) is 0. The van der Waals surface area contributed by atoms with E-state index >= 15 is 0 Å². The molecule has 0 aliphatic carbocycles. The highest BCUT2D eigenvalue weighted by molar-refractivity contribution is 5.44. The molecule has 1 fully saturated rings. The second-order valence-corrected chi connectivity index (χ2v) is 5.44. The first kappa shape index (κ1) is 13.7. The Morgan fingerprint density at radius 2 is 2.00 bits per heavy atom. The van der Waals surface area contributed by atoms with Crippen molar-refractivity contribution in [1.82, 2.24) is 5.32 Å². The molecule has 2 heterocycles. The van der Waals surface area contributed by atoms with Crippen LogP contribution in [0.15, 0.2) is 18.2 Å². The maximum Gasteiger partial charge on any atom is 0.161 e. The fourth-order valence-electron chi connectivity index (χ4n) is 2.82. The van der Waals surface area contributed by atoms with E-state index in [1.165, 1.54) is 12.0 Å². The van der Waals surface area contributed by atoms with E-state index in [1.54, 1.807) is 0 Å². The van der Waals surface area contributed by atoms with Crippen LogP contribution in [-0.4, -0.2) is 32.4 Å². The standard InChI is InChI=1S/C16H23NO3/c1-2-6-17-13-5-7-18-15(11-13)12-3-4-14-16(10-12)20-9-8-19-14/h3-4,10,13,15,17H,2,5-9,11H2,1H3. The van der Waals surface area contributed by atoms with Crippen LogP contribution in [0, 0.1) is 0 Å².